The van der Waals surface area contributed by atoms with Crippen LogP contribution in [0.2, 0.25) is 0 Å². The summed E-state index contributed by atoms with van der Waals surface area (Å²) in [6.07, 6.45) is 52.3. The van der Waals surface area contributed by atoms with E-state index >= 15 is 0 Å². The highest BCUT2D eigenvalue weighted by atomic mass is 16.6. The van der Waals surface area contributed by atoms with Crippen molar-refractivity contribution >= 4 is 17.9 Å². The lowest BCUT2D eigenvalue weighted by Crippen LogP contribution is -2.30. The number of hydrogen-bond acceptors (Lipinski definition) is 6. The van der Waals surface area contributed by atoms with Crippen LogP contribution < -0.4 is 0 Å². The van der Waals surface area contributed by atoms with Crippen LogP contribution in [0.1, 0.15) is 310 Å². The molecule has 0 N–H and O–H groups in total. The van der Waals surface area contributed by atoms with Gasteiger partial charge in [-0.15, -0.1) is 0 Å². The van der Waals surface area contributed by atoms with Crippen LogP contribution >= 0.6 is 0 Å². The Hall–Kier alpha value is -1.59. The second kappa shape index (κ2) is 49.4. The van der Waals surface area contributed by atoms with Gasteiger partial charge in [-0.2, -0.15) is 0 Å². The second-order valence-corrected chi connectivity index (χ2v) is 19.1. The molecular formula is C55H106O6. The van der Waals surface area contributed by atoms with Crippen LogP contribution in [0.3, 0.4) is 0 Å². The maximum atomic E-state index is 12.8. The van der Waals surface area contributed by atoms with Crippen molar-refractivity contribution in [1.82, 2.24) is 0 Å². The lowest BCUT2D eigenvalue weighted by Gasteiger charge is -2.18. The van der Waals surface area contributed by atoms with Crippen LogP contribution in [0.25, 0.3) is 0 Å². The van der Waals surface area contributed by atoms with E-state index in [1.54, 1.807) is 0 Å². The molecule has 0 heterocycles. The molecule has 0 bridgehead atoms. The summed E-state index contributed by atoms with van der Waals surface area (Å²) in [4.78, 5) is 38.0. The molecule has 2 atom stereocenters. The van der Waals surface area contributed by atoms with E-state index in [4.69, 9.17) is 14.2 Å². The maximum absolute atomic E-state index is 12.8. The summed E-state index contributed by atoms with van der Waals surface area (Å²) in [7, 11) is 0. The van der Waals surface area contributed by atoms with Gasteiger partial charge in [-0.05, 0) is 25.2 Å². The summed E-state index contributed by atoms with van der Waals surface area (Å²) in [6.45, 7) is 9.05. The predicted octanol–water partition coefficient (Wildman–Crippen LogP) is 17.8. The quantitative estimate of drug-likeness (QED) is 0.0344. The fourth-order valence-corrected chi connectivity index (χ4v) is 8.36. The summed E-state index contributed by atoms with van der Waals surface area (Å²) in [5.74, 6) is 0.0269. The minimum Gasteiger partial charge on any atom is -0.462 e. The molecule has 0 aromatic rings. The zero-order chi connectivity index (χ0) is 44.5. The van der Waals surface area contributed by atoms with Gasteiger partial charge in [-0.1, -0.05) is 272 Å². The molecule has 0 amide bonds. The molecule has 1 unspecified atom stereocenters. The monoisotopic (exact) mass is 863 g/mol. The van der Waals surface area contributed by atoms with Crippen LogP contribution in [0.4, 0.5) is 0 Å². The van der Waals surface area contributed by atoms with Crippen molar-refractivity contribution < 1.29 is 28.6 Å². The number of unbranched alkanes of at least 4 members (excludes halogenated alkanes) is 36. The average molecular weight is 863 g/mol. The smallest absolute Gasteiger partial charge is 0.306 e. The minimum absolute atomic E-state index is 0.0628. The normalized spacial score (nSPS) is 12.4. The van der Waals surface area contributed by atoms with Crippen molar-refractivity contribution in [3.05, 3.63) is 0 Å². The van der Waals surface area contributed by atoms with E-state index < -0.39 is 6.10 Å². The third kappa shape index (κ3) is 47.7. The molecule has 0 saturated heterocycles. The van der Waals surface area contributed by atoms with Crippen LogP contribution in [0.15, 0.2) is 0 Å². The molecular weight excluding hydrogens is 757 g/mol. The Labute approximate surface area is 380 Å². The van der Waals surface area contributed by atoms with Gasteiger partial charge in [0.2, 0.25) is 0 Å². The summed E-state index contributed by atoms with van der Waals surface area (Å²) in [5, 5.41) is 0. The molecule has 6 nitrogen and oxygen atoms in total. The third-order valence-electron chi connectivity index (χ3n) is 12.9. The van der Waals surface area contributed by atoms with Crippen molar-refractivity contribution in [3.63, 3.8) is 0 Å². The lowest BCUT2D eigenvalue weighted by atomic mass is 9.99. The Kier molecular flexibility index (Phi) is 48.1. The van der Waals surface area contributed by atoms with Crippen LogP contribution in [0, 0.1) is 5.92 Å². The Morgan fingerprint density at radius 2 is 0.574 bits per heavy atom. The van der Waals surface area contributed by atoms with Gasteiger partial charge >= 0.3 is 17.9 Å². The second-order valence-electron chi connectivity index (χ2n) is 19.1. The molecule has 362 valence electrons. The highest BCUT2D eigenvalue weighted by Gasteiger charge is 2.19. The fourth-order valence-electron chi connectivity index (χ4n) is 8.36. The summed E-state index contributed by atoms with van der Waals surface area (Å²) in [6, 6.07) is 0. The van der Waals surface area contributed by atoms with Crippen molar-refractivity contribution in [2.75, 3.05) is 13.2 Å². The van der Waals surface area contributed by atoms with Crippen molar-refractivity contribution in [3.8, 4) is 0 Å². The van der Waals surface area contributed by atoms with Crippen molar-refractivity contribution in [2.45, 2.75) is 316 Å². The average Bonchev–Trinajstić information content (AvgIpc) is 3.26. The Morgan fingerprint density at radius 1 is 0.328 bits per heavy atom. The molecule has 0 aliphatic carbocycles. The van der Waals surface area contributed by atoms with Crippen LogP contribution in [-0.4, -0.2) is 37.2 Å². The van der Waals surface area contributed by atoms with Crippen molar-refractivity contribution in [1.29, 1.82) is 0 Å². The van der Waals surface area contributed by atoms with Gasteiger partial charge in [0.25, 0.3) is 0 Å². The first-order valence-electron chi connectivity index (χ1n) is 27.4. The van der Waals surface area contributed by atoms with E-state index in [0.717, 1.165) is 63.7 Å². The zero-order valence-corrected chi connectivity index (χ0v) is 41.6. The number of hydrogen-bond donors (Lipinski definition) is 0. The number of rotatable bonds is 50. The lowest BCUT2D eigenvalue weighted by molar-refractivity contribution is -0.167. The van der Waals surface area contributed by atoms with E-state index in [-0.39, 0.29) is 31.1 Å². The highest BCUT2D eigenvalue weighted by Crippen LogP contribution is 2.18. The van der Waals surface area contributed by atoms with E-state index in [1.807, 2.05) is 0 Å². The summed E-state index contributed by atoms with van der Waals surface area (Å²) < 4.78 is 16.8. The van der Waals surface area contributed by atoms with Crippen molar-refractivity contribution in [2.24, 2.45) is 5.92 Å². The van der Waals surface area contributed by atoms with Gasteiger partial charge in [0.1, 0.15) is 13.2 Å². The Morgan fingerprint density at radius 3 is 0.852 bits per heavy atom. The molecule has 0 fully saturated rings. The SMILES string of the molecule is CCCCCCCCCCCCCCCCCCCCCC(=O)O[C@H](COC(=O)CCCCCCCCCCCC)COC(=O)CCCCCCCCCCCCC(C)CC. The molecule has 0 saturated carbocycles. The van der Waals surface area contributed by atoms with E-state index in [0.29, 0.717) is 19.3 Å². The summed E-state index contributed by atoms with van der Waals surface area (Å²) in [5.41, 5.74) is 0. The third-order valence-corrected chi connectivity index (χ3v) is 12.9. The van der Waals surface area contributed by atoms with Gasteiger partial charge in [-0.3, -0.25) is 14.4 Å². The van der Waals surface area contributed by atoms with E-state index in [2.05, 4.69) is 27.7 Å². The first-order valence-corrected chi connectivity index (χ1v) is 27.4. The van der Waals surface area contributed by atoms with E-state index in [9.17, 15) is 14.4 Å². The van der Waals surface area contributed by atoms with Gasteiger partial charge in [0.05, 0.1) is 0 Å². The Balaban J connectivity index is 4.25. The highest BCUT2D eigenvalue weighted by molar-refractivity contribution is 5.71. The predicted molar refractivity (Wildman–Crippen MR) is 261 cm³/mol. The van der Waals surface area contributed by atoms with Gasteiger partial charge in [0, 0.05) is 19.3 Å². The van der Waals surface area contributed by atoms with Gasteiger partial charge in [-0.25, -0.2) is 0 Å². The van der Waals surface area contributed by atoms with E-state index in [1.165, 1.54) is 205 Å². The summed E-state index contributed by atoms with van der Waals surface area (Å²) >= 11 is 0. The first kappa shape index (κ1) is 59.4. The Bertz CT molecular complexity index is 920. The first-order chi connectivity index (χ1) is 29.9. The van der Waals surface area contributed by atoms with Gasteiger partial charge in [0.15, 0.2) is 6.10 Å². The topological polar surface area (TPSA) is 78.9 Å². The standard InChI is InChI=1S/C55H106O6/c1-5-8-10-12-14-16-18-19-20-21-22-23-24-25-26-32-36-40-44-48-55(58)61-52(49-59-53(56)46-42-38-34-30-17-15-13-11-9-6-2)50-60-54(57)47-43-39-35-31-28-27-29-33-37-41-45-51(4)7-3/h51-52H,5-50H2,1-4H3/t51?,52-/m1/s1. The van der Waals surface area contributed by atoms with Crippen LogP contribution in [0.5, 0.6) is 0 Å². The molecule has 0 aliphatic rings. The zero-order valence-electron chi connectivity index (χ0n) is 41.6. The number of ether oxygens (including phenoxy) is 3. The number of carbonyl (C=O) groups excluding carboxylic acids is 3. The maximum Gasteiger partial charge on any atom is 0.306 e. The molecule has 0 rings (SSSR count). The minimum atomic E-state index is -0.761. The fraction of sp³-hybridized carbons (Fsp3) is 0.945. The number of esters is 3. The molecule has 0 spiro atoms. The molecule has 0 aromatic heterocycles. The van der Waals surface area contributed by atoms with Gasteiger partial charge < -0.3 is 14.2 Å². The van der Waals surface area contributed by atoms with Crippen LogP contribution in [-0.2, 0) is 28.6 Å². The molecule has 0 aliphatic heterocycles. The number of carbonyl (C=O) groups is 3. The molecule has 0 aromatic carbocycles. The molecule has 61 heavy (non-hydrogen) atoms. The molecule has 0 radical (unpaired) electrons. The largest absolute Gasteiger partial charge is 0.462 e. The molecule has 6 heteroatoms.